The number of nitrogens with one attached hydrogen (secondary N) is 2. The van der Waals surface area contributed by atoms with Crippen LogP contribution in [0.3, 0.4) is 0 Å². The second-order valence-corrected chi connectivity index (χ2v) is 5.86. The molecule has 0 spiro atoms. The van der Waals surface area contributed by atoms with Gasteiger partial charge in [-0.25, -0.2) is 0 Å². The third-order valence-corrected chi connectivity index (χ3v) is 3.96. The van der Waals surface area contributed by atoms with Crippen molar-refractivity contribution in [3.63, 3.8) is 0 Å². The van der Waals surface area contributed by atoms with Crippen molar-refractivity contribution in [2.75, 3.05) is 25.1 Å². The van der Waals surface area contributed by atoms with Gasteiger partial charge in [0.05, 0.1) is 13.2 Å². The highest BCUT2D eigenvalue weighted by Gasteiger charge is 2.03. The van der Waals surface area contributed by atoms with Crippen LogP contribution in [0.25, 0.3) is 0 Å². The molecule has 0 aliphatic carbocycles. The van der Waals surface area contributed by atoms with E-state index in [-0.39, 0.29) is 0 Å². The van der Waals surface area contributed by atoms with Crippen LogP contribution in [0.1, 0.15) is 12.5 Å². The average Bonchev–Trinajstić information content (AvgIpc) is 2.58. The Labute approximate surface area is 153 Å². The summed E-state index contributed by atoms with van der Waals surface area (Å²) in [4.78, 5) is 0. The molecule has 2 N–H and O–H groups in total. The van der Waals surface area contributed by atoms with Crippen molar-refractivity contribution in [1.29, 1.82) is 0 Å². The maximum Gasteiger partial charge on any atom is 0.170 e. The van der Waals surface area contributed by atoms with Crippen molar-refractivity contribution in [1.82, 2.24) is 5.32 Å². The van der Waals surface area contributed by atoms with Crippen LogP contribution in [0.5, 0.6) is 11.5 Å². The van der Waals surface area contributed by atoms with E-state index in [1.54, 1.807) is 0 Å². The molecule has 4 nitrogen and oxygen atoms in total. The molecule has 0 aliphatic rings. The first-order valence-corrected chi connectivity index (χ1v) is 8.54. The fourth-order valence-corrected chi connectivity index (χ4v) is 2.43. The molecule has 0 amide bonds. The van der Waals surface area contributed by atoms with Gasteiger partial charge in [-0.1, -0.05) is 17.7 Å². The topological polar surface area (TPSA) is 42.5 Å². The highest BCUT2D eigenvalue weighted by Crippen LogP contribution is 2.22. The van der Waals surface area contributed by atoms with E-state index in [2.05, 4.69) is 10.6 Å². The Morgan fingerprint density at radius 1 is 1.08 bits per heavy atom. The first kappa shape index (κ1) is 18.4. The monoisotopic (exact) mass is 364 g/mol. The lowest BCUT2D eigenvalue weighted by atomic mass is 10.2. The van der Waals surface area contributed by atoms with E-state index in [9.17, 15) is 0 Å². The lowest BCUT2D eigenvalue weighted by molar-refractivity contribution is 0.319. The van der Waals surface area contributed by atoms with Crippen molar-refractivity contribution < 1.29 is 9.47 Å². The molecule has 2 aromatic carbocycles. The van der Waals surface area contributed by atoms with E-state index >= 15 is 0 Å². The van der Waals surface area contributed by atoms with E-state index in [1.165, 1.54) is 0 Å². The fraction of sp³-hybridized carbons (Fsp3) is 0.278. The van der Waals surface area contributed by atoms with Gasteiger partial charge in [-0.3, -0.25) is 0 Å². The Kier molecular flexibility index (Phi) is 7.15. The third kappa shape index (κ3) is 5.58. The zero-order chi connectivity index (χ0) is 17.4. The second-order valence-electron chi connectivity index (χ2n) is 5.05. The summed E-state index contributed by atoms with van der Waals surface area (Å²) in [7, 11) is 0. The maximum atomic E-state index is 6.09. The summed E-state index contributed by atoms with van der Waals surface area (Å²) in [6.45, 7) is 5.66. The Balaban J connectivity index is 1.71. The number of thiocarbonyl (C=S) groups is 1. The maximum absolute atomic E-state index is 6.09. The summed E-state index contributed by atoms with van der Waals surface area (Å²) in [6.07, 6.45) is 0. The lowest BCUT2D eigenvalue weighted by Gasteiger charge is -2.13. The number of hydrogen-bond donors (Lipinski definition) is 2. The van der Waals surface area contributed by atoms with E-state index in [1.807, 2.05) is 56.3 Å². The first-order chi connectivity index (χ1) is 11.6. The number of rotatable bonds is 7. The van der Waals surface area contributed by atoms with Crippen LogP contribution < -0.4 is 20.1 Å². The molecule has 6 heteroatoms. The summed E-state index contributed by atoms with van der Waals surface area (Å²) in [5, 5.41) is 7.49. The number of benzene rings is 2. The number of hydrogen-bond acceptors (Lipinski definition) is 3. The minimum Gasteiger partial charge on any atom is -0.494 e. The van der Waals surface area contributed by atoms with Gasteiger partial charge in [0.25, 0.3) is 0 Å². The normalized spacial score (nSPS) is 10.1. The lowest BCUT2D eigenvalue weighted by Crippen LogP contribution is -2.32. The zero-order valence-electron chi connectivity index (χ0n) is 13.8. The van der Waals surface area contributed by atoms with Crippen LogP contribution in [0.2, 0.25) is 5.02 Å². The summed E-state index contributed by atoms with van der Waals surface area (Å²) in [5.74, 6) is 1.63. The predicted octanol–water partition coefficient (Wildman–Crippen LogP) is 4.41. The van der Waals surface area contributed by atoms with Crippen molar-refractivity contribution in [2.45, 2.75) is 13.8 Å². The fourth-order valence-electron chi connectivity index (χ4n) is 2.04. The average molecular weight is 365 g/mol. The SMILES string of the molecule is CCOc1ccc(OCCNC(=S)Nc2cccc(Cl)c2C)cc1. The Morgan fingerprint density at radius 2 is 1.75 bits per heavy atom. The van der Waals surface area contributed by atoms with Crippen LogP contribution in [-0.4, -0.2) is 24.9 Å². The number of anilines is 1. The predicted molar refractivity (Wildman–Crippen MR) is 104 cm³/mol. The van der Waals surface area contributed by atoms with Crippen LogP contribution in [-0.2, 0) is 0 Å². The molecular weight excluding hydrogens is 344 g/mol. The van der Waals surface area contributed by atoms with Gasteiger partial charge in [-0.05, 0) is 68.0 Å². The van der Waals surface area contributed by atoms with Crippen LogP contribution >= 0.6 is 23.8 Å². The van der Waals surface area contributed by atoms with Crippen molar-refractivity contribution >= 4 is 34.6 Å². The Bertz CT molecular complexity index is 677. The number of halogens is 1. The quantitative estimate of drug-likeness (QED) is 0.562. The highest BCUT2D eigenvalue weighted by molar-refractivity contribution is 7.80. The standard InChI is InChI=1S/C18H21ClN2O2S/c1-3-22-14-7-9-15(10-8-14)23-12-11-20-18(24)21-17-6-4-5-16(19)13(17)2/h4-10H,3,11-12H2,1-2H3,(H2,20,21,24). The molecule has 0 heterocycles. The summed E-state index contributed by atoms with van der Waals surface area (Å²) in [5.41, 5.74) is 1.86. The van der Waals surface area contributed by atoms with Gasteiger partial charge in [0.2, 0.25) is 0 Å². The molecule has 0 fully saturated rings. The van der Waals surface area contributed by atoms with Crippen LogP contribution in [0.4, 0.5) is 5.69 Å². The van der Waals surface area contributed by atoms with Crippen molar-refractivity contribution in [3.05, 3.63) is 53.1 Å². The van der Waals surface area contributed by atoms with E-state index in [0.29, 0.717) is 29.9 Å². The summed E-state index contributed by atoms with van der Waals surface area (Å²) < 4.78 is 11.0. The smallest absolute Gasteiger partial charge is 0.170 e. The second kappa shape index (κ2) is 9.35. The van der Waals surface area contributed by atoms with Gasteiger partial charge >= 0.3 is 0 Å². The van der Waals surface area contributed by atoms with Gasteiger partial charge in [0, 0.05) is 10.7 Å². The van der Waals surface area contributed by atoms with Gasteiger partial charge in [0.1, 0.15) is 18.1 Å². The summed E-state index contributed by atoms with van der Waals surface area (Å²) >= 11 is 11.4. The Hall–Kier alpha value is -1.98. The van der Waals surface area contributed by atoms with Gasteiger partial charge < -0.3 is 20.1 Å². The molecule has 0 aromatic heterocycles. The molecule has 0 atom stereocenters. The minimum atomic E-state index is 0.504. The minimum absolute atomic E-state index is 0.504. The molecule has 0 aliphatic heterocycles. The number of ether oxygens (including phenoxy) is 2. The summed E-state index contributed by atoms with van der Waals surface area (Å²) in [6, 6.07) is 13.2. The molecule has 0 saturated heterocycles. The van der Waals surface area contributed by atoms with Gasteiger partial charge in [-0.2, -0.15) is 0 Å². The largest absolute Gasteiger partial charge is 0.494 e. The molecule has 0 radical (unpaired) electrons. The van der Waals surface area contributed by atoms with Gasteiger partial charge in [-0.15, -0.1) is 0 Å². The molecule has 0 unspecified atom stereocenters. The first-order valence-electron chi connectivity index (χ1n) is 7.75. The zero-order valence-corrected chi connectivity index (χ0v) is 15.3. The molecule has 2 rings (SSSR count). The molecular formula is C18H21ClN2O2S. The third-order valence-electron chi connectivity index (χ3n) is 3.31. The highest BCUT2D eigenvalue weighted by atomic mass is 35.5. The molecule has 0 bridgehead atoms. The van der Waals surface area contributed by atoms with Gasteiger partial charge in [0.15, 0.2) is 5.11 Å². The van der Waals surface area contributed by atoms with E-state index < -0.39 is 0 Å². The van der Waals surface area contributed by atoms with Crippen LogP contribution in [0, 0.1) is 6.92 Å². The molecule has 2 aromatic rings. The Morgan fingerprint density at radius 3 is 2.42 bits per heavy atom. The van der Waals surface area contributed by atoms with Crippen molar-refractivity contribution in [2.24, 2.45) is 0 Å². The van der Waals surface area contributed by atoms with Crippen molar-refractivity contribution in [3.8, 4) is 11.5 Å². The molecule has 24 heavy (non-hydrogen) atoms. The molecule has 0 saturated carbocycles. The van der Waals surface area contributed by atoms with E-state index in [4.69, 9.17) is 33.3 Å². The van der Waals surface area contributed by atoms with Crippen LogP contribution in [0.15, 0.2) is 42.5 Å². The molecule has 128 valence electrons. The van der Waals surface area contributed by atoms with E-state index in [0.717, 1.165) is 22.7 Å².